The Kier molecular flexibility index (Phi) is 5.73. The van der Waals surface area contributed by atoms with E-state index in [1.807, 2.05) is 50.2 Å². The van der Waals surface area contributed by atoms with Gasteiger partial charge in [-0.05, 0) is 50.2 Å². The van der Waals surface area contributed by atoms with Crippen molar-refractivity contribution in [1.29, 1.82) is 0 Å². The van der Waals surface area contributed by atoms with Crippen molar-refractivity contribution in [2.24, 2.45) is 0 Å². The van der Waals surface area contributed by atoms with Gasteiger partial charge in [-0.3, -0.25) is 10.1 Å². The molecule has 1 amide bonds. The molecule has 0 aliphatic carbocycles. The molecule has 1 aliphatic heterocycles. The summed E-state index contributed by atoms with van der Waals surface area (Å²) in [7, 11) is 0. The zero-order valence-electron chi connectivity index (χ0n) is 14.7. The van der Waals surface area contributed by atoms with Crippen LogP contribution in [0.3, 0.4) is 0 Å². The normalized spacial score (nSPS) is 17.1. The molecule has 6 nitrogen and oxygen atoms in total. The minimum atomic E-state index is -0.334. The topological polar surface area (TPSA) is 66.7 Å². The number of hydrogen-bond donors (Lipinski definition) is 2. The summed E-state index contributed by atoms with van der Waals surface area (Å²) in [6, 6.07) is 11.3. The van der Waals surface area contributed by atoms with E-state index in [1.54, 1.807) is 6.26 Å². The smallest absolute Gasteiger partial charge is 0.241 e. The van der Waals surface area contributed by atoms with Gasteiger partial charge in [-0.2, -0.15) is 0 Å². The maximum Gasteiger partial charge on any atom is 0.241 e. The van der Waals surface area contributed by atoms with Crippen LogP contribution in [0.2, 0.25) is 0 Å². The molecule has 0 spiro atoms. The number of nitrogens with one attached hydrogen (secondary N) is 2. The van der Waals surface area contributed by atoms with Crippen LogP contribution in [-0.2, 0) is 9.53 Å². The monoisotopic (exact) mass is 343 g/mol. The second kappa shape index (κ2) is 8.18. The van der Waals surface area contributed by atoms with Gasteiger partial charge in [-0.15, -0.1) is 0 Å². The van der Waals surface area contributed by atoms with Gasteiger partial charge in [0.1, 0.15) is 5.76 Å². The third kappa shape index (κ3) is 4.61. The quantitative estimate of drug-likeness (QED) is 0.844. The number of carbonyl (C=O) groups is 1. The predicted octanol–water partition coefficient (Wildman–Crippen LogP) is 2.79. The summed E-state index contributed by atoms with van der Waals surface area (Å²) in [4.78, 5) is 14.7. The second-order valence-electron chi connectivity index (χ2n) is 6.26. The minimum Gasteiger partial charge on any atom is -0.468 e. The first-order chi connectivity index (χ1) is 12.1. The molecule has 3 rings (SSSR count). The molecule has 1 aromatic carbocycles. The molecule has 6 heteroatoms. The number of furan rings is 1. The van der Waals surface area contributed by atoms with Gasteiger partial charge in [-0.25, -0.2) is 0 Å². The lowest BCUT2D eigenvalue weighted by Crippen LogP contribution is -2.39. The Hall–Kier alpha value is -2.31. The van der Waals surface area contributed by atoms with Gasteiger partial charge in [-0.1, -0.05) is 0 Å². The summed E-state index contributed by atoms with van der Waals surface area (Å²) < 4.78 is 10.7. The first-order valence-electron chi connectivity index (χ1n) is 8.66. The van der Waals surface area contributed by atoms with Gasteiger partial charge in [0, 0.05) is 24.5 Å². The highest BCUT2D eigenvalue weighted by Gasteiger charge is 2.18. The van der Waals surface area contributed by atoms with Gasteiger partial charge in [0.05, 0.1) is 31.6 Å². The number of hydrogen-bond acceptors (Lipinski definition) is 5. The summed E-state index contributed by atoms with van der Waals surface area (Å²) in [6.45, 7) is 7.14. The average Bonchev–Trinajstić information content (AvgIpc) is 3.18. The number of rotatable bonds is 6. The summed E-state index contributed by atoms with van der Waals surface area (Å²) >= 11 is 0. The Morgan fingerprint density at radius 1 is 1.12 bits per heavy atom. The van der Waals surface area contributed by atoms with E-state index >= 15 is 0 Å². The molecule has 0 saturated carbocycles. The molecule has 1 saturated heterocycles. The van der Waals surface area contributed by atoms with E-state index in [0.717, 1.165) is 43.4 Å². The summed E-state index contributed by atoms with van der Waals surface area (Å²) in [5, 5.41) is 6.18. The van der Waals surface area contributed by atoms with Crippen molar-refractivity contribution in [2.45, 2.75) is 25.9 Å². The summed E-state index contributed by atoms with van der Waals surface area (Å²) in [5.74, 6) is 0.743. The lowest BCUT2D eigenvalue weighted by Gasteiger charge is -2.29. The molecule has 2 aromatic rings. The van der Waals surface area contributed by atoms with E-state index in [0.29, 0.717) is 0 Å². The summed E-state index contributed by atoms with van der Waals surface area (Å²) in [6.07, 6.45) is 1.63. The van der Waals surface area contributed by atoms with E-state index in [-0.39, 0.29) is 18.0 Å². The number of anilines is 2. The van der Waals surface area contributed by atoms with E-state index in [9.17, 15) is 4.79 Å². The maximum atomic E-state index is 12.4. The first kappa shape index (κ1) is 17.5. The maximum absolute atomic E-state index is 12.4. The predicted molar refractivity (Wildman–Crippen MR) is 97.8 cm³/mol. The number of amides is 1. The molecule has 134 valence electrons. The van der Waals surface area contributed by atoms with Crippen molar-refractivity contribution in [3.05, 3.63) is 48.4 Å². The van der Waals surface area contributed by atoms with Crippen molar-refractivity contribution < 1.29 is 13.9 Å². The van der Waals surface area contributed by atoms with Crippen LogP contribution in [0.1, 0.15) is 25.6 Å². The SMILES string of the molecule is C[C@@H](N[C@H](C)c1ccco1)C(=O)Nc1ccc(N2CCOCC2)cc1. The number of ether oxygens (including phenoxy) is 1. The highest BCUT2D eigenvalue weighted by Crippen LogP contribution is 2.19. The standard InChI is InChI=1S/C19H25N3O3/c1-14(18-4-3-11-25-18)20-15(2)19(23)21-16-5-7-17(8-6-16)22-9-12-24-13-10-22/h3-8,11,14-15,20H,9-10,12-13H2,1-2H3,(H,21,23)/t14-,15-/m1/s1. The molecular weight excluding hydrogens is 318 g/mol. The van der Waals surface area contributed by atoms with Gasteiger partial charge in [0.2, 0.25) is 5.91 Å². The van der Waals surface area contributed by atoms with Crippen molar-refractivity contribution in [1.82, 2.24) is 5.32 Å². The molecule has 0 bridgehead atoms. The van der Waals surface area contributed by atoms with Crippen molar-refractivity contribution in [3.8, 4) is 0 Å². The fourth-order valence-electron chi connectivity index (χ4n) is 2.90. The Balaban J connectivity index is 1.53. The van der Waals surface area contributed by atoms with E-state index in [1.165, 1.54) is 0 Å². The number of benzene rings is 1. The van der Waals surface area contributed by atoms with Crippen LogP contribution >= 0.6 is 0 Å². The molecule has 25 heavy (non-hydrogen) atoms. The molecule has 1 aliphatic rings. The Labute approximate surface area is 148 Å². The zero-order chi connectivity index (χ0) is 17.6. The lowest BCUT2D eigenvalue weighted by atomic mass is 10.2. The van der Waals surface area contributed by atoms with Crippen LogP contribution in [0, 0.1) is 0 Å². The lowest BCUT2D eigenvalue weighted by molar-refractivity contribution is -0.118. The van der Waals surface area contributed by atoms with Crippen LogP contribution in [0.4, 0.5) is 11.4 Å². The molecule has 0 unspecified atom stereocenters. The summed E-state index contributed by atoms with van der Waals surface area (Å²) in [5.41, 5.74) is 1.94. The van der Waals surface area contributed by atoms with E-state index in [4.69, 9.17) is 9.15 Å². The van der Waals surface area contributed by atoms with Gasteiger partial charge >= 0.3 is 0 Å². The van der Waals surface area contributed by atoms with Gasteiger partial charge in [0.15, 0.2) is 0 Å². The molecule has 2 N–H and O–H groups in total. The highest BCUT2D eigenvalue weighted by molar-refractivity contribution is 5.94. The number of morpholine rings is 1. The highest BCUT2D eigenvalue weighted by atomic mass is 16.5. The van der Waals surface area contributed by atoms with Crippen molar-refractivity contribution >= 4 is 17.3 Å². The Morgan fingerprint density at radius 3 is 2.48 bits per heavy atom. The van der Waals surface area contributed by atoms with Crippen LogP contribution in [0.25, 0.3) is 0 Å². The number of carbonyl (C=O) groups excluding carboxylic acids is 1. The first-order valence-corrected chi connectivity index (χ1v) is 8.66. The molecular formula is C19H25N3O3. The average molecular weight is 343 g/mol. The Bertz CT molecular complexity index is 664. The van der Waals surface area contributed by atoms with Crippen LogP contribution in [0.15, 0.2) is 47.1 Å². The third-order valence-electron chi connectivity index (χ3n) is 4.37. The molecule has 2 atom stereocenters. The van der Waals surface area contributed by atoms with Crippen LogP contribution < -0.4 is 15.5 Å². The van der Waals surface area contributed by atoms with E-state index in [2.05, 4.69) is 15.5 Å². The number of nitrogens with zero attached hydrogens (tertiary/aromatic N) is 1. The van der Waals surface area contributed by atoms with E-state index < -0.39 is 0 Å². The molecule has 1 fully saturated rings. The van der Waals surface area contributed by atoms with Crippen LogP contribution in [-0.4, -0.2) is 38.3 Å². The molecule has 2 heterocycles. The molecule has 1 aromatic heterocycles. The van der Waals surface area contributed by atoms with Gasteiger partial charge in [0.25, 0.3) is 0 Å². The fourth-order valence-corrected chi connectivity index (χ4v) is 2.90. The second-order valence-corrected chi connectivity index (χ2v) is 6.26. The largest absolute Gasteiger partial charge is 0.468 e. The molecule has 0 radical (unpaired) electrons. The van der Waals surface area contributed by atoms with Gasteiger partial charge < -0.3 is 19.4 Å². The third-order valence-corrected chi connectivity index (χ3v) is 4.37. The Morgan fingerprint density at radius 2 is 1.84 bits per heavy atom. The van der Waals surface area contributed by atoms with Crippen molar-refractivity contribution in [3.63, 3.8) is 0 Å². The fraction of sp³-hybridized carbons (Fsp3) is 0.421. The minimum absolute atomic E-state index is 0.0283. The zero-order valence-corrected chi connectivity index (χ0v) is 14.7. The van der Waals surface area contributed by atoms with Crippen molar-refractivity contribution in [2.75, 3.05) is 36.5 Å². The van der Waals surface area contributed by atoms with Crippen LogP contribution in [0.5, 0.6) is 0 Å².